The fourth-order valence-corrected chi connectivity index (χ4v) is 4.85. The molecule has 29 heavy (non-hydrogen) atoms. The summed E-state index contributed by atoms with van der Waals surface area (Å²) in [5.41, 5.74) is 1.22. The van der Waals surface area contributed by atoms with Gasteiger partial charge in [0.25, 0.3) is 5.91 Å². The van der Waals surface area contributed by atoms with Crippen molar-refractivity contribution in [3.05, 3.63) is 46.8 Å². The smallest absolute Gasteiger partial charge is 0.323 e. The van der Waals surface area contributed by atoms with Crippen molar-refractivity contribution in [2.45, 2.75) is 44.1 Å². The van der Waals surface area contributed by atoms with Crippen LogP contribution in [-0.2, 0) is 4.79 Å². The second-order valence-corrected chi connectivity index (χ2v) is 8.61. The number of carbonyl (C=O) groups excluding carboxylic acids is 3. The molecule has 1 saturated heterocycles. The lowest BCUT2D eigenvalue weighted by molar-refractivity contribution is -0.135. The number of benzene rings is 1. The van der Waals surface area contributed by atoms with Gasteiger partial charge in [-0.15, -0.1) is 11.3 Å². The van der Waals surface area contributed by atoms with Gasteiger partial charge < -0.3 is 5.32 Å². The quantitative estimate of drug-likeness (QED) is 0.591. The molecule has 1 saturated carbocycles. The monoisotopic (exact) mass is 418 g/mol. The normalized spacial score (nSPS) is 20.2. The average molecular weight is 418 g/mol. The highest BCUT2D eigenvalue weighted by Crippen LogP contribution is 2.41. The van der Waals surface area contributed by atoms with Crippen LogP contribution >= 0.6 is 11.3 Å². The zero-order chi connectivity index (χ0) is 20.8. The van der Waals surface area contributed by atoms with Crippen LogP contribution in [0.15, 0.2) is 35.7 Å². The largest absolute Gasteiger partial charge is 0.325 e. The van der Waals surface area contributed by atoms with Gasteiger partial charge in [-0.05, 0) is 42.3 Å². The Morgan fingerprint density at radius 2 is 1.76 bits per heavy atom. The van der Waals surface area contributed by atoms with Crippen LogP contribution in [0, 0.1) is 6.92 Å². The molecule has 2 fully saturated rings. The number of Topliss-reactive ketones (excluding diaryl/α,β-unsaturated/α-hetero) is 1. The summed E-state index contributed by atoms with van der Waals surface area (Å²) >= 11 is 1.61. The van der Waals surface area contributed by atoms with Gasteiger partial charge in [-0.1, -0.05) is 24.3 Å². The van der Waals surface area contributed by atoms with Crippen molar-refractivity contribution in [2.24, 2.45) is 0 Å². The van der Waals surface area contributed by atoms with Crippen LogP contribution in [0.25, 0.3) is 10.4 Å². The Morgan fingerprint density at radius 1 is 1.10 bits per heavy atom. The molecule has 1 aliphatic heterocycles. The Balaban J connectivity index is 1.46. The minimum atomic E-state index is -2.82. The van der Waals surface area contributed by atoms with E-state index in [2.05, 4.69) is 5.32 Å². The van der Waals surface area contributed by atoms with Gasteiger partial charge in [0, 0.05) is 23.3 Å². The average Bonchev–Trinajstić information content (AvgIpc) is 3.21. The Hall–Kier alpha value is -2.61. The summed E-state index contributed by atoms with van der Waals surface area (Å²) < 4.78 is 26.9. The zero-order valence-corrected chi connectivity index (χ0v) is 16.7. The van der Waals surface area contributed by atoms with Crippen LogP contribution in [0.4, 0.5) is 13.6 Å². The molecule has 2 aromatic rings. The van der Waals surface area contributed by atoms with E-state index in [9.17, 15) is 23.2 Å². The molecule has 0 bridgehead atoms. The molecule has 1 aromatic heterocycles. The molecule has 5 nitrogen and oxygen atoms in total. The molecule has 2 heterocycles. The lowest BCUT2D eigenvalue weighted by Crippen LogP contribution is -2.51. The topological polar surface area (TPSA) is 66.5 Å². The van der Waals surface area contributed by atoms with E-state index in [0.717, 1.165) is 20.9 Å². The fraction of sp³-hybridized carbons (Fsp3) is 0.381. The molecule has 0 atom stereocenters. The predicted molar refractivity (Wildman–Crippen MR) is 105 cm³/mol. The number of thiophene rings is 1. The maximum Gasteiger partial charge on any atom is 0.325 e. The highest BCUT2D eigenvalue weighted by atomic mass is 32.1. The lowest BCUT2D eigenvalue weighted by Gasteiger charge is -2.34. The number of hydrogen-bond donors (Lipinski definition) is 1. The van der Waals surface area contributed by atoms with Gasteiger partial charge in [0.1, 0.15) is 5.54 Å². The minimum absolute atomic E-state index is 0.121. The molecule has 2 aliphatic rings. The third kappa shape index (κ3) is 3.57. The van der Waals surface area contributed by atoms with Crippen LogP contribution in [0.1, 0.15) is 41.6 Å². The van der Waals surface area contributed by atoms with E-state index in [-0.39, 0.29) is 18.6 Å². The lowest BCUT2D eigenvalue weighted by atomic mass is 9.80. The molecule has 1 aromatic carbocycles. The van der Waals surface area contributed by atoms with Crippen molar-refractivity contribution in [1.29, 1.82) is 0 Å². The van der Waals surface area contributed by atoms with Crippen molar-refractivity contribution < 1.29 is 23.2 Å². The maximum atomic E-state index is 13.5. The minimum Gasteiger partial charge on any atom is -0.323 e. The van der Waals surface area contributed by atoms with E-state index in [4.69, 9.17) is 0 Å². The second kappa shape index (κ2) is 7.02. The third-order valence-corrected chi connectivity index (χ3v) is 6.78. The summed E-state index contributed by atoms with van der Waals surface area (Å²) in [5, 5.41) is 4.55. The Morgan fingerprint density at radius 3 is 2.34 bits per heavy atom. The van der Waals surface area contributed by atoms with E-state index in [1.807, 2.05) is 30.5 Å². The molecular formula is C21H20F2N2O3S. The van der Waals surface area contributed by atoms with Gasteiger partial charge in [0.2, 0.25) is 5.92 Å². The van der Waals surface area contributed by atoms with E-state index in [1.54, 1.807) is 23.5 Å². The number of alkyl halides is 2. The number of carbonyl (C=O) groups is 3. The molecular weight excluding hydrogens is 398 g/mol. The highest BCUT2D eigenvalue weighted by molar-refractivity contribution is 7.13. The van der Waals surface area contributed by atoms with E-state index in [1.165, 1.54) is 0 Å². The van der Waals surface area contributed by atoms with Crippen molar-refractivity contribution in [2.75, 3.05) is 6.54 Å². The standard InChI is InChI=1S/C21H20F2N2O3S/c1-13-6-11-29-17(13)15-4-2-14(3-5-15)16(26)12-25-18(27)20(24-19(25)28)7-9-21(22,23)10-8-20/h2-6,11H,7-10,12H2,1H3,(H,24,28). The summed E-state index contributed by atoms with van der Waals surface area (Å²) in [6.45, 7) is 1.61. The van der Waals surface area contributed by atoms with Crippen molar-refractivity contribution in [1.82, 2.24) is 10.2 Å². The highest BCUT2D eigenvalue weighted by Gasteiger charge is 2.55. The van der Waals surface area contributed by atoms with E-state index >= 15 is 0 Å². The van der Waals surface area contributed by atoms with Crippen LogP contribution < -0.4 is 5.32 Å². The van der Waals surface area contributed by atoms with Crippen molar-refractivity contribution >= 4 is 29.1 Å². The zero-order valence-electron chi connectivity index (χ0n) is 15.8. The first-order valence-electron chi connectivity index (χ1n) is 9.40. The molecule has 0 radical (unpaired) electrons. The number of nitrogens with one attached hydrogen (secondary N) is 1. The van der Waals surface area contributed by atoms with Crippen LogP contribution in [0.5, 0.6) is 0 Å². The predicted octanol–water partition coefficient (Wildman–Crippen LogP) is 4.41. The third-order valence-electron chi connectivity index (χ3n) is 5.71. The van der Waals surface area contributed by atoms with Gasteiger partial charge in [0.05, 0.1) is 6.54 Å². The van der Waals surface area contributed by atoms with Gasteiger partial charge in [0.15, 0.2) is 5.78 Å². The van der Waals surface area contributed by atoms with Gasteiger partial charge >= 0.3 is 6.03 Å². The summed E-state index contributed by atoms with van der Waals surface area (Å²) in [6, 6.07) is 8.34. The second-order valence-electron chi connectivity index (χ2n) is 7.69. The number of halogens is 2. The van der Waals surface area contributed by atoms with Crippen LogP contribution in [0.3, 0.4) is 0 Å². The Labute approximate surface area is 170 Å². The number of aryl methyl sites for hydroxylation is 1. The fourth-order valence-electron chi connectivity index (χ4n) is 3.91. The number of amides is 3. The van der Waals surface area contributed by atoms with Crippen molar-refractivity contribution in [3.63, 3.8) is 0 Å². The van der Waals surface area contributed by atoms with Crippen LogP contribution in [-0.4, -0.2) is 40.6 Å². The summed E-state index contributed by atoms with van der Waals surface area (Å²) in [7, 11) is 0. The number of rotatable bonds is 4. The molecule has 3 amide bonds. The summed E-state index contributed by atoms with van der Waals surface area (Å²) in [5.74, 6) is -3.78. The van der Waals surface area contributed by atoms with E-state index < -0.39 is 42.8 Å². The molecule has 1 N–H and O–H groups in total. The summed E-state index contributed by atoms with van der Waals surface area (Å²) in [4.78, 5) is 39.7. The Bertz CT molecular complexity index is 974. The number of ketones is 1. The maximum absolute atomic E-state index is 13.5. The number of nitrogens with zero attached hydrogens (tertiary/aromatic N) is 1. The first kappa shape index (κ1) is 19.7. The van der Waals surface area contributed by atoms with Crippen molar-refractivity contribution in [3.8, 4) is 10.4 Å². The molecule has 8 heteroatoms. The molecule has 1 aliphatic carbocycles. The number of urea groups is 1. The molecule has 152 valence electrons. The van der Waals surface area contributed by atoms with Gasteiger partial charge in [-0.3, -0.25) is 14.5 Å². The number of hydrogen-bond acceptors (Lipinski definition) is 4. The number of imide groups is 1. The Kier molecular flexibility index (Phi) is 4.77. The molecule has 4 rings (SSSR count). The van der Waals surface area contributed by atoms with Gasteiger partial charge in [-0.2, -0.15) is 0 Å². The first-order chi connectivity index (χ1) is 13.7. The van der Waals surface area contributed by atoms with Crippen LogP contribution in [0.2, 0.25) is 0 Å². The first-order valence-corrected chi connectivity index (χ1v) is 10.3. The van der Waals surface area contributed by atoms with Gasteiger partial charge in [-0.25, -0.2) is 13.6 Å². The molecule has 1 spiro atoms. The van der Waals surface area contributed by atoms with E-state index in [0.29, 0.717) is 5.56 Å². The molecule has 0 unspecified atom stereocenters. The summed E-state index contributed by atoms with van der Waals surface area (Å²) in [6.07, 6.45) is -1.15. The SMILES string of the molecule is Cc1ccsc1-c1ccc(C(=O)CN2C(=O)NC3(CCC(F)(F)CC3)C2=O)cc1.